The number of anilines is 1. The normalized spacial score (nSPS) is 12.0. The molecule has 3 aromatic rings. The summed E-state index contributed by atoms with van der Waals surface area (Å²) in [5.74, 6) is 0.377. The maximum absolute atomic E-state index is 12.4. The van der Waals surface area contributed by atoms with Crippen molar-refractivity contribution in [2.45, 2.75) is 19.8 Å². The number of nitrogens with zero attached hydrogens (tertiary/aromatic N) is 5. The monoisotopic (exact) mass is 422 g/mol. The molecular formula is C18H20Cl2N6O2. The zero-order valence-corrected chi connectivity index (χ0v) is 17.5. The molecule has 0 spiro atoms. The first-order valence-corrected chi connectivity index (χ1v) is 9.31. The van der Waals surface area contributed by atoms with Crippen molar-refractivity contribution in [2.24, 2.45) is 26.2 Å². The molecule has 0 aliphatic rings. The van der Waals surface area contributed by atoms with Gasteiger partial charge in [0.05, 0.1) is 10.0 Å². The zero-order chi connectivity index (χ0) is 20.6. The number of hydrazone groups is 1. The lowest BCUT2D eigenvalue weighted by Crippen LogP contribution is -2.37. The topological polar surface area (TPSA) is 86.2 Å². The van der Waals surface area contributed by atoms with Crippen molar-refractivity contribution in [3.63, 3.8) is 0 Å². The molecule has 1 N–H and O–H groups in total. The van der Waals surface area contributed by atoms with Gasteiger partial charge in [-0.3, -0.25) is 13.9 Å². The summed E-state index contributed by atoms with van der Waals surface area (Å²) in [6, 6.07) is 5.54. The Hall–Kier alpha value is -2.58. The van der Waals surface area contributed by atoms with Gasteiger partial charge in [0.1, 0.15) is 0 Å². The molecule has 1 aromatic carbocycles. The molecule has 0 saturated heterocycles. The fraction of sp³-hybridized carbons (Fsp3) is 0.333. The van der Waals surface area contributed by atoms with Crippen LogP contribution in [0.5, 0.6) is 0 Å². The van der Waals surface area contributed by atoms with Gasteiger partial charge in [-0.2, -0.15) is 10.1 Å². The Labute approximate surface area is 171 Å². The van der Waals surface area contributed by atoms with Crippen LogP contribution in [0.1, 0.15) is 18.9 Å². The van der Waals surface area contributed by atoms with E-state index in [-0.39, 0.29) is 0 Å². The highest BCUT2D eigenvalue weighted by molar-refractivity contribution is 6.42. The van der Waals surface area contributed by atoms with Crippen molar-refractivity contribution in [3.8, 4) is 0 Å². The number of fused-ring (bicyclic) bond motifs is 1. The Kier molecular flexibility index (Phi) is 5.62. The van der Waals surface area contributed by atoms with Crippen LogP contribution < -0.4 is 16.7 Å². The molecule has 0 bridgehead atoms. The molecule has 0 atom stereocenters. The standard InChI is InChI=1S/C18H20Cl2N6O2/c1-10(5-6-11-7-8-12(19)13(20)9-11)22-23-17-21-15-14(24(17)2)16(27)26(4)18(28)25(15)3/h7-9H,5-6H2,1-4H3,(H,21,23)/b22-10+. The average molecular weight is 423 g/mol. The molecule has 0 aliphatic carbocycles. The van der Waals surface area contributed by atoms with Crippen molar-refractivity contribution in [1.82, 2.24) is 18.7 Å². The lowest BCUT2D eigenvalue weighted by atomic mass is 10.1. The van der Waals surface area contributed by atoms with Gasteiger partial charge in [0, 0.05) is 26.9 Å². The summed E-state index contributed by atoms with van der Waals surface area (Å²) in [5.41, 5.74) is 4.60. The molecule has 0 unspecified atom stereocenters. The lowest BCUT2D eigenvalue weighted by Gasteiger charge is -2.05. The molecule has 2 aromatic heterocycles. The largest absolute Gasteiger partial charge is 0.332 e. The van der Waals surface area contributed by atoms with Crippen LogP contribution in [-0.2, 0) is 27.6 Å². The van der Waals surface area contributed by atoms with Gasteiger partial charge in [-0.05, 0) is 37.5 Å². The highest BCUT2D eigenvalue weighted by atomic mass is 35.5. The Morgan fingerprint density at radius 1 is 1.11 bits per heavy atom. The fourth-order valence-corrected chi connectivity index (χ4v) is 3.16. The second-order valence-corrected chi connectivity index (χ2v) is 7.39. The first-order valence-electron chi connectivity index (χ1n) is 8.56. The maximum atomic E-state index is 12.4. The number of nitrogens with one attached hydrogen (secondary N) is 1. The number of aryl methyl sites for hydroxylation is 3. The van der Waals surface area contributed by atoms with Crippen LogP contribution in [0.4, 0.5) is 5.95 Å². The molecule has 0 fully saturated rings. The van der Waals surface area contributed by atoms with Crippen molar-refractivity contribution >= 4 is 46.0 Å². The molecule has 3 rings (SSSR count). The number of hydrogen-bond acceptors (Lipinski definition) is 5. The van der Waals surface area contributed by atoms with E-state index in [0.717, 1.165) is 22.3 Å². The second-order valence-electron chi connectivity index (χ2n) is 6.58. The van der Waals surface area contributed by atoms with Gasteiger partial charge in [-0.15, -0.1) is 0 Å². The number of imidazole rings is 1. The SMILES string of the molecule is C/C(CCc1ccc(Cl)c(Cl)c1)=N\Nc1nc2c(c(=O)n(C)c(=O)n2C)n1C. The van der Waals surface area contributed by atoms with Crippen molar-refractivity contribution in [2.75, 3.05) is 5.43 Å². The van der Waals surface area contributed by atoms with Gasteiger partial charge < -0.3 is 4.57 Å². The van der Waals surface area contributed by atoms with Crippen LogP contribution in [-0.4, -0.2) is 24.4 Å². The first-order chi connectivity index (χ1) is 13.2. The van der Waals surface area contributed by atoms with E-state index in [4.69, 9.17) is 23.2 Å². The molecule has 10 heteroatoms. The van der Waals surface area contributed by atoms with E-state index in [9.17, 15) is 9.59 Å². The van der Waals surface area contributed by atoms with Crippen LogP contribution in [0, 0.1) is 0 Å². The Morgan fingerprint density at radius 2 is 1.82 bits per heavy atom. The third kappa shape index (κ3) is 3.70. The predicted octanol–water partition coefficient (Wildman–Crippen LogP) is 2.70. The third-order valence-corrected chi connectivity index (χ3v) is 5.32. The Bertz CT molecular complexity index is 1210. The summed E-state index contributed by atoms with van der Waals surface area (Å²) in [4.78, 5) is 28.8. The molecule has 2 heterocycles. The first kappa shape index (κ1) is 20.2. The van der Waals surface area contributed by atoms with E-state index in [0.29, 0.717) is 33.6 Å². The number of aromatic nitrogens is 4. The summed E-state index contributed by atoms with van der Waals surface area (Å²) in [7, 11) is 4.71. The van der Waals surface area contributed by atoms with Crippen LogP contribution >= 0.6 is 23.2 Å². The van der Waals surface area contributed by atoms with Crippen LogP contribution in [0.3, 0.4) is 0 Å². The molecule has 0 amide bonds. The number of benzene rings is 1. The summed E-state index contributed by atoms with van der Waals surface area (Å²) in [6.45, 7) is 1.89. The molecular weight excluding hydrogens is 403 g/mol. The minimum atomic E-state index is -0.427. The number of hydrogen-bond donors (Lipinski definition) is 1. The minimum Gasteiger partial charge on any atom is -0.306 e. The Balaban J connectivity index is 1.80. The molecule has 28 heavy (non-hydrogen) atoms. The Morgan fingerprint density at radius 3 is 2.50 bits per heavy atom. The summed E-state index contributed by atoms with van der Waals surface area (Å²) in [6.07, 6.45) is 1.46. The molecule has 148 valence electrons. The molecule has 8 nitrogen and oxygen atoms in total. The van der Waals surface area contributed by atoms with Crippen molar-refractivity contribution < 1.29 is 0 Å². The predicted molar refractivity (Wildman–Crippen MR) is 113 cm³/mol. The van der Waals surface area contributed by atoms with Gasteiger partial charge in [0.25, 0.3) is 5.56 Å². The molecule has 0 aliphatic heterocycles. The van der Waals surface area contributed by atoms with E-state index in [2.05, 4.69) is 15.5 Å². The van der Waals surface area contributed by atoms with Crippen LogP contribution in [0.15, 0.2) is 32.9 Å². The molecule has 0 radical (unpaired) electrons. The summed E-state index contributed by atoms with van der Waals surface area (Å²) in [5, 5.41) is 5.39. The summed E-state index contributed by atoms with van der Waals surface area (Å²) < 4.78 is 3.98. The van der Waals surface area contributed by atoms with Gasteiger partial charge in [-0.25, -0.2) is 10.2 Å². The van der Waals surface area contributed by atoms with Gasteiger partial charge in [0.2, 0.25) is 5.95 Å². The quantitative estimate of drug-likeness (QED) is 0.505. The number of rotatable bonds is 5. The molecule has 0 saturated carbocycles. The van der Waals surface area contributed by atoms with Crippen LogP contribution in [0.2, 0.25) is 10.0 Å². The lowest BCUT2D eigenvalue weighted by molar-refractivity contribution is 0.705. The van der Waals surface area contributed by atoms with Crippen LogP contribution in [0.25, 0.3) is 11.2 Å². The van der Waals surface area contributed by atoms with Gasteiger partial charge in [-0.1, -0.05) is 29.3 Å². The van der Waals surface area contributed by atoms with Gasteiger partial charge in [0.15, 0.2) is 11.2 Å². The van der Waals surface area contributed by atoms with Gasteiger partial charge >= 0.3 is 5.69 Å². The maximum Gasteiger partial charge on any atom is 0.332 e. The van der Waals surface area contributed by atoms with E-state index in [1.165, 1.54) is 11.6 Å². The third-order valence-electron chi connectivity index (χ3n) is 4.58. The van der Waals surface area contributed by atoms with Crippen molar-refractivity contribution in [3.05, 3.63) is 54.6 Å². The highest BCUT2D eigenvalue weighted by Crippen LogP contribution is 2.23. The van der Waals surface area contributed by atoms with E-state index in [1.54, 1.807) is 24.7 Å². The second kappa shape index (κ2) is 7.81. The highest BCUT2D eigenvalue weighted by Gasteiger charge is 2.16. The van der Waals surface area contributed by atoms with Crippen molar-refractivity contribution in [1.29, 1.82) is 0 Å². The van der Waals surface area contributed by atoms with E-state index >= 15 is 0 Å². The fourth-order valence-electron chi connectivity index (χ4n) is 2.84. The average Bonchev–Trinajstić information content (AvgIpc) is 3.00. The minimum absolute atomic E-state index is 0.307. The van der Waals surface area contributed by atoms with E-state index < -0.39 is 11.2 Å². The smallest absolute Gasteiger partial charge is 0.306 e. The number of halogens is 2. The van der Waals surface area contributed by atoms with E-state index in [1.807, 2.05) is 19.1 Å². The summed E-state index contributed by atoms with van der Waals surface area (Å²) >= 11 is 12.0. The zero-order valence-electron chi connectivity index (χ0n) is 16.0.